The van der Waals surface area contributed by atoms with E-state index < -0.39 is 17.9 Å². The molecule has 1 aliphatic heterocycles. The molecule has 0 atom stereocenters. The second-order valence-electron chi connectivity index (χ2n) is 14.5. The number of hydrogen-bond acceptors (Lipinski definition) is 13. The van der Waals surface area contributed by atoms with Crippen LogP contribution in [0, 0.1) is 6.92 Å². The molecule has 3 heterocycles. The monoisotopic (exact) mass is 903 g/mol. The molecule has 342 valence electrons. The van der Waals surface area contributed by atoms with Gasteiger partial charge in [0.1, 0.15) is 17.0 Å². The van der Waals surface area contributed by atoms with Gasteiger partial charge in [-0.05, 0) is 93.1 Å². The summed E-state index contributed by atoms with van der Waals surface area (Å²) in [5.41, 5.74) is 11.5. The molecule has 6 aromatic rings. The van der Waals surface area contributed by atoms with Crippen LogP contribution in [0.25, 0.3) is 55.2 Å². The summed E-state index contributed by atoms with van der Waals surface area (Å²) in [5.74, 6) is -2.97. The average Bonchev–Trinajstić information content (AvgIpc) is 3.32. The molecule has 0 saturated carbocycles. The summed E-state index contributed by atoms with van der Waals surface area (Å²) < 4.78 is 15.5. The van der Waals surface area contributed by atoms with E-state index in [0.29, 0.717) is 56.6 Å². The van der Waals surface area contributed by atoms with Crippen molar-refractivity contribution in [3.8, 4) is 22.5 Å². The van der Waals surface area contributed by atoms with E-state index in [0.717, 1.165) is 16.5 Å². The van der Waals surface area contributed by atoms with Crippen molar-refractivity contribution in [1.29, 1.82) is 0 Å². The van der Waals surface area contributed by atoms with Crippen molar-refractivity contribution in [1.82, 2.24) is 9.97 Å². The number of fused-ring (bicyclic) bond motifs is 4. The number of aryl methyl sites for hydroxylation is 1. The van der Waals surface area contributed by atoms with Crippen LogP contribution in [0.4, 0.5) is 17.1 Å². The maximum atomic E-state index is 13.8. The van der Waals surface area contributed by atoms with Gasteiger partial charge < -0.3 is 40.5 Å². The van der Waals surface area contributed by atoms with E-state index in [4.69, 9.17) is 24.7 Å². The van der Waals surface area contributed by atoms with Crippen molar-refractivity contribution in [3.05, 3.63) is 172 Å². The highest BCUT2D eigenvalue weighted by Gasteiger charge is 2.27. The number of anilines is 3. The minimum Gasteiger partial charge on any atom is -0.478 e. The molecular formula is C52H49N5O10. The van der Waals surface area contributed by atoms with Gasteiger partial charge in [0.2, 0.25) is 0 Å². The van der Waals surface area contributed by atoms with Gasteiger partial charge in [0.25, 0.3) is 6.47 Å². The molecule has 0 unspecified atom stereocenters. The van der Waals surface area contributed by atoms with Gasteiger partial charge in [-0.1, -0.05) is 48.6 Å². The van der Waals surface area contributed by atoms with Crippen LogP contribution < -0.4 is 21.8 Å². The number of methoxy groups -OCH3 is 2. The lowest BCUT2D eigenvalue weighted by Crippen LogP contribution is -2.15. The van der Waals surface area contributed by atoms with Gasteiger partial charge in [-0.15, -0.1) is 13.2 Å². The normalized spacial score (nSPS) is 10.3. The Hall–Kier alpha value is -8.85. The number of carbonyl (C=O) groups is 4. The molecular weight excluding hydrogens is 855 g/mol. The molecule has 0 radical (unpaired) electrons. The number of aromatic carboxylic acids is 2. The van der Waals surface area contributed by atoms with Gasteiger partial charge in [0.05, 0.1) is 53.3 Å². The van der Waals surface area contributed by atoms with Gasteiger partial charge in [-0.3, -0.25) is 14.6 Å². The van der Waals surface area contributed by atoms with Gasteiger partial charge >= 0.3 is 17.9 Å². The van der Waals surface area contributed by atoms with Crippen LogP contribution in [0.5, 0.6) is 0 Å². The molecule has 67 heavy (non-hydrogen) atoms. The Morgan fingerprint density at radius 1 is 0.761 bits per heavy atom. The van der Waals surface area contributed by atoms with Crippen molar-refractivity contribution in [3.63, 3.8) is 0 Å². The van der Waals surface area contributed by atoms with E-state index >= 15 is 0 Å². The molecule has 4 aromatic carbocycles. The number of nitrogens with one attached hydrogen (secondary N) is 2. The SMILES string of the molecule is C=CC.C=CC.COC(=O)c1ccc2cccc(NCc3c(N)ccc4c(-c5cc(C(=O)O)ccc5C(=O)O)c5ccc(=O)c(CNc6cccc7ccc(C)nc67)c-5oc34)c2n1.COC=O. The van der Waals surface area contributed by atoms with Gasteiger partial charge in [-0.2, -0.15) is 0 Å². The quantitative estimate of drug-likeness (QED) is 0.0267. The van der Waals surface area contributed by atoms with E-state index in [1.165, 1.54) is 38.5 Å². The third-order valence-corrected chi connectivity index (χ3v) is 10.0. The maximum absolute atomic E-state index is 13.8. The summed E-state index contributed by atoms with van der Waals surface area (Å²) in [7, 11) is 2.59. The number of esters is 1. The number of nitrogens with zero attached hydrogens (tertiary/aromatic N) is 2. The zero-order valence-electron chi connectivity index (χ0n) is 37.5. The highest BCUT2D eigenvalue weighted by molar-refractivity contribution is 6.10. The van der Waals surface area contributed by atoms with Gasteiger partial charge in [-0.25, -0.2) is 19.4 Å². The van der Waals surface area contributed by atoms with Crippen LogP contribution in [0.3, 0.4) is 0 Å². The maximum Gasteiger partial charge on any atom is 0.356 e. The smallest absolute Gasteiger partial charge is 0.356 e. The number of ether oxygens (including phenoxy) is 2. The predicted molar refractivity (Wildman–Crippen MR) is 262 cm³/mol. The number of carboxylic acid groups (broad SMARTS) is 2. The molecule has 0 fully saturated rings. The fourth-order valence-corrected chi connectivity index (χ4v) is 7.10. The lowest BCUT2D eigenvalue weighted by atomic mass is 9.87. The number of benzene rings is 5. The highest BCUT2D eigenvalue weighted by atomic mass is 16.5. The molecule has 0 spiro atoms. The summed E-state index contributed by atoms with van der Waals surface area (Å²) >= 11 is 0. The molecule has 15 nitrogen and oxygen atoms in total. The first-order valence-electron chi connectivity index (χ1n) is 20.6. The van der Waals surface area contributed by atoms with Crippen molar-refractivity contribution < 1.29 is 43.3 Å². The molecule has 0 bridgehead atoms. The number of nitrogen functional groups attached to an aromatic ring is 1. The van der Waals surface area contributed by atoms with Crippen LogP contribution >= 0.6 is 0 Å². The summed E-state index contributed by atoms with van der Waals surface area (Å²) in [6, 6.07) is 28.4. The van der Waals surface area contributed by atoms with Gasteiger partial charge in [0, 0.05) is 57.3 Å². The van der Waals surface area contributed by atoms with Crippen LogP contribution in [0.1, 0.15) is 61.9 Å². The van der Waals surface area contributed by atoms with Crippen LogP contribution in [-0.4, -0.2) is 58.8 Å². The van der Waals surface area contributed by atoms with E-state index in [2.05, 4.69) is 33.5 Å². The van der Waals surface area contributed by atoms with Crippen molar-refractivity contribution >= 4 is 74.2 Å². The molecule has 2 aromatic heterocycles. The molecule has 6 N–H and O–H groups in total. The predicted octanol–water partition coefficient (Wildman–Crippen LogP) is 10.1. The average molecular weight is 904 g/mol. The summed E-state index contributed by atoms with van der Waals surface area (Å²) in [6.45, 7) is 12.8. The van der Waals surface area contributed by atoms with Crippen LogP contribution in [0.15, 0.2) is 138 Å². The number of para-hydroxylation sites is 2. The van der Waals surface area contributed by atoms with Crippen LogP contribution in [-0.2, 0) is 27.4 Å². The van der Waals surface area contributed by atoms with Gasteiger partial charge in [0.15, 0.2) is 5.43 Å². The first-order valence-corrected chi connectivity index (χ1v) is 20.6. The largest absolute Gasteiger partial charge is 0.478 e. The summed E-state index contributed by atoms with van der Waals surface area (Å²) in [6.07, 6.45) is 3.50. The number of carbonyl (C=O) groups excluding carboxylic acids is 2. The number of pyridine rings is 2. The number of aromatic nitrogens is 2. The minimum absolute atomic E-state index is 0.000406. The second kappa shape index (κ2) is 22.7. The van der Waals surface area contributed by atoms with E-state index in [1.807, 2.05) is 63.2 Å². The van der Waals surface area contributed by atoms with Crippen molar-refractivity contribution in [2.24, 2.45) is 0 Å². The van der Waals surface area contributed by atoms with Crippen LogP contribution in [0.2, 0.25) is 0 Å². The fraction of sp³-hybridized carbons (Fsp3) is 0.135. The van der Waals surface area contributed by atoms with E-state index in [1.54, 1.807) is 48.6 Å². The molecule has 1 aliphatic carbocycles. The Balaban J connectivity index is 0.000000770. The van der Waals surface area contributed by atoms with E-state index in [-0.39, 0.29) is 57.8 Å². The lowest BCUT2D eigenvalue weighted by molar-refractivity contribution is -0.126. The minimum atomic E-state index is -1.28. The number of nitrogens with two attached hydrogens (primary N) is 1. The highest BCUT2D eigenvalue weighted by Crippen LogP contribution is 2.45. The Labute approximate surface area is 385 Å². The topological polar surface area (TPSA) is 233 Å². The summed E-state index contributed by atoms with van der Waals surface area (Å²) in [5, 5.41) is 29.2. The zero-order valence-corrected chi connectivity index (χ0v) is 37.5. The molecule has 0 saturated heterocycles. The third-order valence-electron chi connectivity index (χ3n) is 10.0. The number of rotatable bonds is 11. The fourth-order valence-electron chi connectivity index (χ4n) is 7.10. The third kappa shape index (κ3) is 11.1. The molecule has 0 amide bonds. The van der Waals surface area contributed by atoms with Crippen molar-refractivity contribution in [2.75, 3.05) is 30.6 Å². The molecule has 15 heteroatoms. The number of hydrogen-bond donors (Lipinski definition) is 5. The number of carboxylic acids is 2. The Morgan fingerprint density at radius 3 is 1.94 bits per heavy atom. The Kier molecular flexibility index (Phi) is 16.6. The first-order chi connectivity index (χ1) is 32.3. The molecule has 2 aliphatic rings. The standard InChI is InChI=1S/C44H33N5O8.2C3H6.C2H4O2/c1-22-9-10-23-5-3-7-33(38(23)48-22)47-21-31-36(50)18-15-28-37(29-19-25(42(51)52)11-13-26(29)43(53)54)27-14-16-32(45)30(40(27)57-41(28)31)20-46-34-8-4-6-24-12-17-35(44(55)56-2)49-39(24)34;2*1-3-2;1-4-2-3/h3-19,46-47H,20-21,45H2,1-2H3,(H,51,52)(H,53,54);2*3H,1H2,2H3;2H,1H3. The Bertz CT molecular complexity index is 3170. The summed E-state index contributed by atoms with van der Waals surface area (Å²) in [4.78, 5) is 69.3. The molecule has 8 rings (SSSR count). The van der Waals surface area contributed by atoms with E-state index in [9.17, 15) is 29.4 Å². The van der Waals surface area contributed by atoms with Crippen molar-refractivity contribution in [2.45, 2.75) is 33.9 Å². The number of allylic oxidation sites excluding steroid dienone is 2. The zero-order chi connectivity index (χ0) is 48.8. The Morgan fingerprint density at radius 2 is 1.36 bits per heavy atom. The second-order valence-corrected chi connectivity index (χ2v) is 14.5. The lowest BCUT2D eigenvalue weighted by Gasteiger charge is -2.22. The first kappa shape index (κ1) is 49.2.